The summed E-state index contributed by atoms with van der Waals surface area (Å²) in [6.45, 7) is 0.380. The Morgan fingerprint density at radius 2 is 1.74 bits per heavy atom. The molecule has 3 rings (SSSR count). The van der Waals surface area contributed by atoms with Crippen molar-refractivity contribution in [2.75, 3.05) is 26.2 Å². The number of nitrogens with one attached hydrogen (secondary N) is 1. The van der Waals surface area contributed by atoms with Gasteiger partial charge in [-0.05, 0) is 36.2 Å². The van der Waals surface area contributed by atoms with E-state index >= 15 is 0 Å². The van der Waals surface area contributed by atoms with Crippen LogP contribution in [0.5, 0.6) is 11.5 Å². The number of anilines is 1. The van der Waals surface area contributed by atoms with Gasteiger partial charge >= 0.3 is 0 Å². The molecule has 0 heterocycles. The van der Waals surface area contributed by atoms with E-state index in [-0.39, 0.29) is 23.7 Å². The third kappa shape index (κ3) is 4.22. The minimum absolute atomic E-state index is 0.0209. The van der Waals surface area contributed by atoms with E-state index in [2.05, 4.69) is 5.32 Å². The lowest BCUT2D eigenvalue weighted by molar-refractivity contribution is -0.126. The SMILES string of the molecule is COc1ccc(CNC(=O)C2CC2C(=O)N(C)c2ccccc2)cc1OC. The smallest absolute Gasteiger partial charge is 0.230 e. The number of benzene rings is 2. The number of hydrogen-bond acceptors (Lipinski definition) is 4. The topological polar surface area (TPSA) is 67.9 Å². The molecule has 0 spiro atoms. The Hall–Kier alpha value is -3.02. The average Bonchev–Trinajstić information content (AvgIpc) is 3.52. The molecule has 0 saturated heterocycles. The van der Waals surface area contributed by atoms with Crippen LogP contribution in [0.1, 0.15) is 12.0 Å². The van der Waals surface area contributed by atoms with Crippen molar-refractivity contribution in [3.05, 3.63) is 54.1 Å². The summed E-state index contributed by atoms with van der Waals surface area (Å²) >= 11 is 0. The Kier molecular flexibility index (Phi) is 5.64. The first-order valence-corrected chi connectivity index (χ1v) is 8.86. The lowest BCUT2D eigenvalue weighted by Gasteiger charge is -2.17. The van der Waals surface area contributed by atoms with Gasteiger partial charge in [0.1, 0.15) is 0 Å². The zero-order chi connectivity index (χ0) is 19.4. The first-order valence-electron chi connectivity index (χ1n) is 8.86. The fourth-order valence-corrected chi connectivity index (χ4v) is 3.10. The molecule has 1 N–H and O–H groups in total. The normalized spacial score (nSPS) is 17.7. The summed E-state index contributed by atoms with van der Waals surface area (Å²) in [6, 6.07) is 15.0. The number of amides is 2. The van der Waals surface area contributed by atoms with E-state index in [9.17, 15) is 9.59 Å². The van der Waals surface area contributed by atoms with E-state index in [1.54, 1.807) is 32.2 Å². The van der Waals surface area contributed by atoms with Gasteiger partial charge < -0.3 is 19.7 Å². The fourth-order valence-electron chi connectivity index (χ4n) is 3.10. The molecule has 1 aliphatic rings. The second-order valence-electron chi connectivity index (χ2n) is 6.59. The number of rotatable bonds is 7. The van der Waals surface area contributed by atoms with Crippen molar-refractivity contribution in [3.63, 3.8) is 0 Å². The quantitative estimate of drug-likeness (QED) is 0.816. The minimum Gasteiger partial charge on any atom is -0.493 e. The van der Waals surface area contributed by atoms with Crippen molar-refractivity contribution in [2.45, 2.75) is 13.0 Å². The molecule has 1 fully saturated rings. The highest BCUT2D eigenvalue weighted by molar-refractivity contribution is 6.00. The largest absolute Gasteiger partial charge is 0.493 e. The van der Waals surface area contributed by atoms with Gasteiger partial charge in [0.15, 0.2) is 11.5 Å². The van der Waals surface area contributed by atoms with Gasteiger partial charge in [0, 0.05) is 19.3 Å². The highest BCUT2D eigenvalue weighted by Crippen LogP contribution is 2.40. The van der Waals surface area contributed by atoms with E-state index in [4.69, 9.17) is 9.47 Å². The number of hydrogen-bond donors (Lipinski definition) is 1. The van der Waals surface area contributed by atoms with Crippen LogP contribution in [0.4, 0.5) is 5.69 Å². The zero-order valence-electron chi connectivity index (χ0n) is 15.8. The first-order chi connectivity index (χ1) is 13.0. The van der Waals surface area contributed by atoms with Gasteiger partial charge in [-0.2, -0.15) is 0 Å². The van der Waals surface area contributed by atoms with Crippen LogP contribution >= 0.6 is 0 Å². The molecule has 6 heteroatoms. The number of para-hydroxylation sites is 1. The van der Waals surface area contributed by atoms with Crippen molar-refractivity contribution >= 4 is 17.5 Å². The minimum atomic E-state index is -0.260. The molecule has 1 saturated carbocycles. The molecule has 27 heavy (non-hydrogen) atoms. The van der Waals surface area contributed by atoms with Gasteiger partial charge in [-0.25, -0.2) is 0 Å². The molecular formula is C21H24N2O4. The molecule has 142 valence electrons. The number of nitrogens with zero attached hydrogens (tertiary/aromatic N) is 1. The Labute approximate surface area is 159 Å². The van der Waals surface area contributed by atoms with Gasteiger partial charge in [-0.1, -0.05) is 24.3 Å². The second kappa shape index (κ2) is 8.12. The summed E-state index contributed by atoms with van der Waals surface area (Å²) in [6.07, 6.45) is 0.591. The Bertz CT molecular complexity index is 822. The summed E-state index contributed by atoms with van der Waals surface area (Å²) < 4.78 is 10.5. The highest BCUT2D eigenvalue weighted by atomic mass is 16.5. The summed E-state index contributed by atoms with van der Waals surface area (Å²) in [7, 11) is 4.90. The van der Waals surface area contributed by atoms with Crippen molar-refractivity contribution in [1.82, 2.24) is 5.32 Å². The van der Waals surface area contributed by atoms with Crippen molar-refractivity contribution in [3.8, 4) is 11.5 Å². The Balaban J connectivity index is 1.54. The van der Waals surface area contributed by atoms with Gasteiger partial charge in [0.25, 0.3) is 0 Å². The maximum Gasteiger partial charge on any atom is 0.230 e. The lowest BCUT2D eigenvalue weighted by atomic mass is 10.2. The number of methoxy groups -OCH3 is 2. The van der Waals surface area contributed by atoms with Crippen LogP contribution in [0.15, 0.2) is 48.5 Å². The van der Waals surface area contributed by atoms with Gasteiger partial charge in [-0.15, -0.1) is 0 Å². The van der Waals surface area contributed by atoms with Gasteiger partial charge in [0.2, 0.25) is 11.8 Å². The molecular weight excluding hydrogens is 344 g/mol. The monoisotopic (exact) mass is 368 g/mol. The molecule has 0 aliphatic heterocycles. The Morgan fingerprint density at radius 1 is 1.04 bits per heavy atom. The molecule has 1 aliphatic carbocycles. The van der Waals surface area contributed by atoms with Crippen LogP contribution in [0.3, 0.4) is 0 Å². The predicted octanol–water partition coefficient (Wildman–Crippen LogP) is 2.62. The lowest BCUT2D eigenvalue weighted by Crippen LogP contribution is -2.31. The van der Waals surface area contributed by atoms with Crippen LogP contribution in [-0.2, 0) is 16.1 Å². The number of ether oxygens (including phenoxy) is 2. The van der Waals surface area contributed by atoms with E-state index < -0.39 is 0 Å². The molecule has 0 radical (unpaired) electrons. The van der Waals surface area contributed by atoms with E-state index in [1.165, 1.54) is 0 Å². The van der Waals surface area contributed by atoms with Crippen LogP contribution in [-0.4, -0.2) is 33.1 Å². The Morgan fingerprint density at radius 3 is 2.41 bits per heavy atom. The average molecular weight is 368 g/mol. The van der Waals surface area contributed by atoms with Crippen LogP contribution < -0.4 is 19.7 Å². The van der Waals surface area contributed by atoms with E-state index in [0.717, 1.165) is 11.3 Å². The summed E-state index contributed by atoms with van der Waals surface area (Å²) in [4.78, 5) is 26.6. The van der Waals surface area contributed by atoms with Crippen LogP contribution in [0.2, 0.25) is 0 Å². The second-order valence-corrected chi connectivity index (χ2v) is 6.59. The van der Waals surface area contributed by atoms with Crippen LogP contribution in [0.25, 0.3) is 0 Å². The van der Waals surface area contributed by atoms with Crippen molar-refractivity contribution in [1.29, 1.82) is 0 Å². The molecule has 6 nitrogen and oxygen atoms in total. The standard InChI is InChI=1S/C21H24N2O4/c1-23(15-7-5-4-6-8-15)21(25)17-12-16(17)20(24)22-13-14-9-10-18(26-2)19(11-14)27-3/h4-11,16-17H,12-13H2,1-3H3,(H,22,24). The van der Waals surface area contributed by atoms with Gasteiger partial charge in [0.05, 0.1) is 26.1 Å². The molecule has 2 aromatic rings. The number of carbonyl (C=O) groups excluding carboxylic acids is 2. The molecule has 2 atom stereocenters. The molecule has 2 unspecified atom stereocenters. The van der Waals surface area contributed by atoms with Crippen molar-refractivity contribution < 1.29 is 19.1 Å². The summed E-state index contributed by atoms with van der Waals surface area (Å²) in [5.74, 6) is 0.638. The maximum absolute atomic E-state index is 12.6. The zero-order valence-corrected chi connectivity index (χ0v) is 15.8. The van der Waals surface area contributed by atoms with E-state index in [1.807, 2.05) is 42.5 Å². The third-order valence-corrected chi connectivity index (χ3v) is 4.83. The third-order valence-electron chi connectivity index (χ3n) is 4.83. The number of carbonyl (C=O) groups is 2. The fraction of sp³-hybridized carbons (Fsp3) is 0.333. The first kappa shape index (κ1) is 18.8. The molecule has 2 aromatic carbocycles. The van der Waals surface area contributed by atoms with E-state index in [0.29, 0.717) is 24.5 Å². The molecule has 2 amide bonds. The molecule has 0 aromatic heterocycles. The highest BCUT2D eigenvalue weighted by Gasteiger charge is 2.49. The maximum atomic E-state index is 12.6. The summed E-state index contributed by atoms with van der Waals surface area (Å²) in [5, 5.41) is 2.91. The van der Waals surface area contributed by atoms with Crippen LogP contribution in [0, 0.1) is 11.8 Å². The summed E-state index contributed by atoms with van der Waals surface area (Å²) in [5.41, 5.74) is 1.74. The molecule has 0 bridgehead atoms. The van der Waals surface area contributed by atoms with Crippen molar-refractivity contribution in [2.24, 2.45) is 11.8 Å². The van der Waals surface area contributed by atoms with Gasteiger partial charge in [-0.3, -0.25) is 9.59 Å². The predicted molar refractivity (Wildman–Crippen MR) is 103 cm³/mol.